The number of rotatable bonds is 7. The smallest absolute Gasteiger partial charge is 0.243 e. The monoisotopic (exact) mass is 407 g/mol. The quantitative estimate of drug-likeness (QED) is 0.736. The van der Waals surface area contributed by atoms with Gasteiger partial charge in [-0.05, 0) is 48.9 Å². The number of hydrogen-bond donors (Lipinski definition) is 2. The number of carbonyl (C=O) groups excluding carboxylic acids is 2. The molecule has 2 aromatic carbocycles. The molecular formula is C19H22FN3O4S. The zero-order valence-corrected chi connectivity index (χ0v) is 16.6. The molecule has 150 valence electrons. The van der Waals surface area contributed by atoms with Crippen LogP contribution in [0.4, 0.5) is 10.1 Å². The Morgan fingerprint density at radius 2 is 1.79 bits per heavy atom. The summed E-state index contributed by atoms with van der Waals surface area (Å²) in [4.78, 5) is 23.3. The van der Waals surface area contributed by atoms with Crippen LogP contribution >= 0.6 is 0 Å². The van der Waals surface area contributed by atoms with Gasteiger partial charge in [0.05, 0.1) is 17.5 Å². The van der Waals surface area contributed by atoms with Crippen LogP contribution in [0, 0.1) is 5.82 Å². The third-order valence-electron chi connectivity index (χ3n) is 3.97. The number of amides is 2. The first-order valence-corrected chi connectivity index (χ1v) is 9.92. The van der Waals surface area contributed by atoms with E-state index in [1.54, 1.807) is 31.2 Å². The fourth-order valence-electron chi connectivity index (χ4n) is 2.53. The molecule has 0 aliphatic heterocycles. The molecular weight excluding hydrogens is 385 g/mol. The average Bonchev–Trinajstić information content (AvgIpc) is 2.61. The highest BCUT2D eigenvalue weighted by Gasteiger charge is 2.23. The minimum atomic E-state index is -3.91. The molecule has 2 rings (SSSR count). The van der Waals surface area contributed by atoms with Crippen molar-refractivity contribution in [3.05, 3.63) is 59.9 Å². The molecule has 0 saturated heterocycles. The summed E-state index contributed by atoms with van der Waals surface area (Å²) in [5.74, 6) is -1.25. The zero-order chi connectivity index (χ0) is 20.9. The van der Waals surface area contributed by atoms with Crippen LogP contribution in [-0.2, 0) is 19.6 Å². The van der Waals surface area contributed by atoms with Gasteiger partial charge in [-0.1, -0.05) is 12.1 Å². The van der Waals surface area contributed by atoms with Crippen molar-refractivity contribution in [2.45, 2.75) is 24.8 Å². The van der Waals surface area contributed by atoms with Gasteiger partial charge in [0.1, 0.15) is 5.82 Å². The van der Waals surface area contributed by atoms with Gasteiger partial charge < -0.3 is 10.6 Å². The number of anilines is 1. The molecule has 0 heterocycles. The maximum absolute atomic E-state index is 13.0. The molecule has 0 radical (unpaired) electrons. The predicted octanol–water partition coefficient (Wildman–Crippen LogP) is 2.28. The first kappa shape index (κ1) is 21.5. The lowest BCUT2D eigenvalue weighted by atomic mass is 10.1. The van der Waals surface area contributed by atoms with Crippen molar-refractivity contribution in [3.8, 4) is 0 Å². The van der Waals surface area contributed by atoms with E-state index in [1.165, 1.54) is 14.0 Å². The average molecular weight is 407 g/mol. The molecule has 2 amide bonds. The van der Waals surface area contributed by atoms with Crippen molar-refractivity contribution < 1.29 is 22.4 Å². The number of carbonyl (C=O) groups is 2. The van der Waals surface area contributed by atoms with Gasteiger partial charge in [0.15, 0.2) is 0 Å². The van der Waals surface area contributed by atoms with E-state index in [1.807, 2.05) is 0 Å². The van der Waals surface area contributed by atoms with Crippen LogP contribution in [-0.4, -0.2) is 38.1 Å². The highest BCUT2D eigenvalue weighted by atomic mass is 32.2. The van der Waals surface area contributed by atoms with E-state index in [0.29, 0.717) is 5.69 Å². The molecule has 0 aromatic heterocycles. The molecule has 0 aliphatic rings. The molecule has 0 fully saturated rings. The van der Waals surface area contributed by atoms with Gasteiger partial charge in [0, 0.05) is 19.7 Å². The molecule has 0 bridgehead atoms. The van der Waals surface area contributed by atoms with Crippen molar-refractivity contribution in [2.75, 3.05) is 18.9 Å². The lowest BCUT2D eigenvalue weighted by Crippen LogP contribution is -2.39. The van der Waals surface area contributed by atoms with Crippen molar-refractivity contribution in [1.82, 2.24) is 9.62 Å². The zero-order valence-electron chi connectivity index (χ0n) is 15.8. The topological polar surface area (TPSA) is 95.6 Å². The van der Waals surface area contributed by atoms with E-state index in [9.17, 15) is 22.4 Å². The second kappa shape index (κ2) is 8.94. The first-order chi connectivity index (χ1) is 13.1. The van der Waals surface area contributed by atoms with E-state index in [2.05, 4.69) is 10.6 Å². The van der Waals surface area contributed by atoms with Crippen molar-refractivity contribution >= 4 is 27.5 Å². The predicted molar refractivity (Wildman–Crippen MR) is 104 cm³/mol. The Bertz CT molecular complexity index is 961. The van der Waals surface area contributed by atoms with E-state index in [0.717, 1.165) is 34.1 Å². The summed E-state index contributed by atoms with van der Waals surface area (Å²) in [6.07, 6.45) is 0. The van der Waals surface area contributed by atoms with Crippen molar-refractivity contribution in [2.24, 2.45) is 0 Å². The van der Waals surface area contributed by atoms with Gasteiger partial charge in [-0.25, -0.2) is 12.8 Å². The summed E-state index contributed by atoms with van der Waals surface area (Å²) >= 11 is 0. The molecule has 2 N–H and O–H groups in total. The normalized spacial score (nSPS) is 12.5. The Morgan fingerprint density at radius 1 is 1.14 bits per heavy atom. The molecule has 1 atom stereocenters. The van der Waals surface area contributed by atoms with Crippen molar-refractivity contribution in [3.63, 3.8) is 0 Å². The Kier molecular flexibility index (Phi) is 6.87. The lowest BCUT2D eigenvalue weighted by molar-refractivity contribution is -0.121. The van der Waals surface area contributed by atoms with Crippen LogP contribution in [0.3, 0.4) is 0 Å². The fourth-order valence-corrected chi connectivity index (χ4v) is 3.66. The van der Waals surface area contributed by atoms with Crippen LogP contribution in [0.2, 0.25) is 0 Å². The Balaban J connectivity index is 2.02. The summed E-state index contributed by atoms with van der Waals surface area (Å²) in [5, 5.41) is 5.38. The number of likely N-dealkylation sites (N-methyl/N-ethyl adjacent to an activating group) is 1. The van der Waals surface area contributed by atoms with E-state index < -0.39 is 34.3 Å². The van der Waals surface area contributed by atoms with E-state index >= 15 is 0 Å². The molecule has 0 saturated carbocycles. The van der Waals surface area contributed by atoms with Gasteiger partial charge >= 0.3 is 0 Å². The fraction of sp³-hybridized carbons (Fsp3) is 0.263. The maximum Gasteiger partial charge on any atom is 0.243 e. The third kappa shape index (κ3) is 5.61. The number of benzene rings is 2. The SMILES string of the molecule is CC(=O)Nc1cccc(C(C)NC(=O)CN(C)S(=O)(=O)c2ccc(F)cc2)c1. The number of nitrogens with one attached hydrogen (secondary N) is 2. The third-order valence-corrected chi connectivity index (χ3v) is 5.79. The number of halogens is 1. The molecule has 1 unspecified atom stereocenters. The summed E-state index contributed by atoms with van der Waals surface area (Å²) < 4.78 is 38.8. The van der Waals surface area contributed by atoms with Gasteiger partial charge in [-0.3, -0.25) is 9.59 Å². The van der Waals surface area contributed by atoms with Crippen LogP contribution in [0.25, 0.3) is 0 Å². The molecule has 7 nitrogen and oxygen atoms in total. The molecule has 9 heteroatoms. The van der Waals surface area contributed by atoms with Crippen LogP contribution in [0.5, 0.6) is 0 Å². The molecule has 0 spiro atoms. The van der Waals surface area contributed by atoms with Gasteiger partial charge in [0.25, 0.3) is 0 Å². The molecule has 0 aliphatic carbocycles. The summed E-state index contributed by atoms with van der Waals surface area (Å²) in [5.41, 5.74) is 1.35. The van der Waals surface area contributed by atoms with Crippen LogP contribution in [0.15, 0.2) is 53.4 Å². The summed E-state index contributed by atoms with van der Waals surface area (Å²) in [6, 6.07) is 11.0. The second-order valence-corrected chi connectivity index (χ2v) is 8.36. The van der Waals surface area contributed by atoms with Crippen LogP contribution < -0.4 is 10.6 Å². The van der Waals surface area contributed by atoms with Gasteiger partial charge in [0.2, 0.25) is 21.8 Å². The van der Waals surface area contributed by atoms with E-state index in [4.69, 9.17) is 0 Å². The lowest BCUT2D eigenvalue weighted by Gasteiger charge is -2.20. The Morgan fingerprint density at radius 3 is 2.39 bits per heavy atom. The molecule has 28 heavy (non-hydrogen) atoms. The largest absolute Gasteiger partial charge is 0.348 e. The van der Waals surface area contributed by atoms with Gasteiger partial charge in [-0.15, -0.1) is 0 Å². The standard InChI is InChI=1S/C19H22FN3O4S/c1-13(15-5-4-6-17(11-15)22-14(2)24)21-19(25)12-23(3)28(26,27)18-9-7-16(20)8-10-18/h4-11,13H,12H2,1-3H3,(H,21,25)(H,22,24). The highest BCUT2D eigenvalue weighted by Crippen LogP contribution is 2.18. The summed E-state index contributed by atoms with van der Waals surface area (Å²) in [7, 11) is -2.63. The van der Waals surface area contributed by atoms with Gasteiger partial charge in [-0.2, -0.15) is 4.31 Å². The van der Waals surface area contributed by atoms with E-state index in [-0.39, 0.29) is 10.8 Å². The molecule has 2 aromatic rings. The minimum absolute atomic E-state index is 0.0970. The second-order valence-electron chi connectivity index (χ2n) is 6.31. The number of sulfonamides is 1. The number of hydrogen-bond acceptors (Lipinski definition) is 4. The number of nitrogens with zero attached hydrogens (tertiary/aromatic N) is 1. The Hall–Kier alpha value is -2.78. The highest BCUT2D eigenvalue weighted by molar-refractivity contribution is 7.89. The first-order valence-electron chi connectivity index (χ1n) is 8.48. The van der Waals surface area contributed by atoms with Crippen molar-refractivity contribution in [1.29, 1.82) is 0 Å². The minimum Gasteiger partial charge on any atom is -0.348 e. The summed E-state index contributed by atoms with van der Waals surface area (Å²) in [6.45, 7) is 2.75. The Labute approximate surface area is 163 Å². The maximum atomic E-state index is 13.0. The van der Waals surface area contributed by atoms with Crippen LogP contribution in [0.1, 0.15) is 25.5 Å².